The van der Waals surface area contributed by atoms with Gasteiger partial charge >= 0.3 is 0 Å². The minimum Gasteiger partial charge on any atom is -0.393 e. The molecule has 1 atom stereocenters. The van der Waals surface area contributed by atoms with Crippen LogP contribution in [0.3, 0.4) is 0 Å². The SMILES string of the molecule is CCC(O)CCNc1nc(N)c(Cl)cc1Cl. The number of pyridine rings is 1. The summed E-state index contributed by atoms with van der Waals surface area (Å²) in [4.78, 5) is 4.02. The van der Waals surface area contributed by atoms with Gasteiger partial charge in [-0.15, -0.1) is 0 Å². The van der Waals surface area contributed by atoms with E-state index >= 15 is 0 Å². The van der Waals surface area contributed by atoms with Crippen LogP contribution in [0.25, 0.3) is 0 Å². The number of hydrogen-bond acceptors (Lipinski definition) is 4. The van der Waals surface area contributed by atoms with Crippen LogP contribution < -0.4 is 11.1 Å². The van der Waals surface area contributed by atoms with Crippen LogP contribution in [0.4, 0.5) is 11.6 Å². The van der Waals surface area contributed by atoms with Crippen LogP contribution in [-0.4, -0.2) is 22.7 Å². The van der Waals surface area contributed by atoms with Crippen LogP contribution in [0.2, 0.25) is 10.0 Å². The van der Waals surface area contributed by atoms with Gasteiger partial charge in [-0.25, -0.2) is 4.98 Å². The van der Waals surface area contributed by atoms with E-state index in [0.29, 0.717) is 28.8 Å². The number of aliphatic hydroxyl groups is 1. The number of nitrogens with two attached hydrogens (primary N) is 1. The molecule has 16 heavy (non-hydrogen) atoms. The van der Waals surface area contributed by atoms with Gasteiger partial charge in [0.1, 0.15) is 11.6 Å². The predicted molar refractivity (Wildman–Crippen MR) is 68.1 cm³/mol. The Labute approximate surface area is 105 Å². The third-order valence-corrected chi connectivity index (χ3v) is 2.79. The van der Waals surface area contributed by atoms with Gasteiger partial charge in [-0.3, -0.25) is 0 Å². The molecule has 1 aromatic heterocycles. The second-order valence-corrected chi connectivity index (χ2v) is 4.28. The van der Waals surface area contributed by atoms with Crippen LogP contribution in [0.1, 0.15) is 19.8 Å². The van der Waals surface area contributed by atoms with E-state index < -0.39 is 0 Å². The molecule has 1 rings (SSSR count). The van der Waals surface area contributed by atoms with E-state index in [1.165, 1.54) is 0 Å². The average Bonchev–Trinajstić information content (AvgIpc) is 2.25. The average molecular weight is 264 g/mol. The number of hydrogen-bond donors (Lipinski definition) is 3. The minimum atomic E-state index is -0.309. The number of rotatable bonds is 5. The topological polar surface area (TPSA) is 71.2 Å². The first kappa shape index (κ1) is 13.4. The van der Waals surface area contributed by atoms with E-state index in [1.54, 1.807) is 6.07 Å². The summed E-state index contributed by atoms with van der Waals surface area (Å²) in [5.74, 6) is 0.733. The number of aromatic nitrogens is 1. The lowest BCUT2D eigenvalue weighted by molar-refractivity contribution is 0.164. The molecule has 0 aliphatic heterocycles. The van der Waals surface area contributed by atoms with Gasteiger partial charge in [0.05, 0.1) is 16.1 Å². The lowest BCUT2D eigenvalue weighted by atomic mass is 10.2. The molecule has 6 heteroatoms. The molecular weight excluding hydrogens is 249 g/mol. The summed E-state index contributed by atoms with van der Waals surface area (Å²) in [5, 5.41) is 13.1. The van der Waals surface area contributed by atoms with Crippen molar-refractivity contribution >= 4 is 34.8 Å². The zero-order valence-electron chi connectivity index (χ0n) is 9.00. The van der Waals surface area contributed by atoms with Crippen molar-refractivity contribution in [3.8, 4) is 0 Å². The van der Waals surface area contributed by atoms with Crippen molar-refractivity contribution in [1.29, 1.82) is 0 Å². The largest absolute Gasteiger partial charge is 0.393 e. The van der Waals surface area contributed by atoms with Crippen molar-refractivity contribution in [3.05, 3.63) is 16.1 Å². The number of nitrogens with one attached hydrogen (secondary N) is 1. The Morgan fingerprint density at radius 2 is 2.19 bits per heavy atom. The summed E-state index contributed by atoms with van der Waals surface area (Å²) < 4.78 is 0. The molecule has 0 aliphatic carbocycles. The molecule has 0 aromatic carbocycles. The fourth-order valence-electron chi connectivity index (χ4n) is 1.17. The first-order valence-electron chi connectivity index (χ1n) is 5.08. The monoisotopic (exact) mass is 263 g/mol. The molecule has 0 fully saturated rings. The van der Waals surface area contributed by atoms with E-state index in [2.05, 4.69) is 10.3 Å². The van der Waals surface area contributed by atoms with Crippen LogP contribution in [0.5, 0.6) is 0 Å². The maximum atomic E-state index is 9.36. The molecule has 0 aliphatic rings. The van der Waals surface area contributed by atoms with Crippen molar-refractivity contribution in [2.45, 2.75) is 25.9 Å². The highest BCUT2D eigenvalue weighted by molar-refractivity contribution is 6.37. The minimum absolute atomic E-state index is 0.240. The van der Waals surface area contributed by atoms with Gasteiger partial charge in [0, 0.05) is 6.54 Å². The number of halogens is 2. The fourth-order valence-corrected chi connectivity index (χ4v) is 1.59. The summed E-state index contributed by atoms with van der Waals surface area (Å²) in [6, 6.07) is 1.55. The maximum Gasteiger partial charge on any atom is 0.147 e. The second kappa shape index (κ2) is 6.13. The smallest absolute Gasteiger partial charge is 0.147 e. The molecular formula is C10H15Cl2N3O. The van der Waals surface area contributed by atoms with Gasteiger partial charge in [-0.2, -0.15) is 0 Å². The first-order valence-corrected chi connectivity index (χ1v) is 5.83. The quantitative estimate of drug-likeness (QED) is 0.764. The Morgan fingerprint density at radius 1 is 1.50 bits per heavy atom. The van der Waals surface area contributed by atoms with Gasteiger partial charge in [-0.05, 0) is 18.9 Å². The summed E-state index contributed by atoms with van der Waals surface area (Å²) in [6.07, 6.45) is 1.05. The Hall–Kier alpha value is -0.710. The Bertz CT molecular complexity index is 360. The first-order chi connectivity index (χ1) is 7.54. The van der Waals surface area contributed by atoms with Gasteiger partial charge < -0.3 is 16.2 Å². The van der Waals surface area contributed by atoms with Gasteiger partial charge in [-0.1, -0.05) is 30.1 Å². The van der Waals surface area contributed by atoms with Gasteiger partial charge in [0.25, 0.3) is 0 Å². The van der Waals surface area contributed by atoms with Gasteiger partial charge in [0.2, 0.25) is 0 Å². The standard InChI is InChI=1S/C10H15Cl2N3O/c1-2-6(16)3-4-14-10-8(12)5-7(11)9(13)15-10/h5-6,16H,2-4H2,1H3,(H3,13,14,15). The van der Waals surface area contributed by atoms with Crippen LogP contribution in [-0.2, 0) is 0 Å². The molecule has 0 saturated heterocycles. The van der Waals surface area contributed by atoms with Crippen LogP contribution in [0, 0.1) is 0 Å². The fraction of sp³-hybridized carbons (Fsp3) is 0.500. The van der Waals surface area contributed by atoms with E-state index in [9.17, 15) is 5.11 Å². The van der Waals surface area contributed by atoms with Crippen LogP contribution in [0.15, 0.2) is 6.07 Å². The van der Waals surface area contributed by atoms with E-state index in [-0.39, 0.29) is 11.9 Å². The highest BCUT2D eigenvalue weighted by Gasteiger charge is 2.07. The molecule has 4 nitrogen and oxygen atoms in total. The van der Waals surface area contributed by atoms with E-state index in [1.807, 2.05) is 6.92 Å². The Kier molecular flexibility index (Phi) is 5.12. The van der Waals surface area contributed by atoms with E-state index in [0.717, 1.165) is 6.42 Å². The maximum absolute atomic E-state index is 9.36. The predicted octanol–water partition coefficient (Wildman–Crippen LogP) is 2.54. The van der Waals surface area contributed by atoms with Gasteiger partial charge in [0.15, 0.2) is 0 Å². The van der Waals surface area contributed by atoms with Crippen molar-refractivity contribution < 1.29 is 5.11 Å². The highest BCUT2D eigenvalue weighted by atomic mass is 35.5. The zero-order valence-corrected chi connectivity index (χ0v) is 10.5. The Morgan fingerprint density at radius 3 is 2.81 bits per heavy atom. The summed E-state index contributed by atoms with van der Waals surface area (Å²) in [7, 11) is 0. The number of nitrogen functional groups attached to an aromatic ring is 1. The molecule has 0 radical (unpaired) electrons. The molecule has 0 bridgehead atoms. The number of aliphatic hydroxyl groups excluding tert-OH is 1. The molecule has 1 heterocycles. The van der Waals surface area contributed by atoms with Crippen molar-refractivity contribution in [2.24, 2.45) is 0 Å². The van der Waals surface area contributed by atoms with E-state index in [4.69, 9.17) is 28.9 Å². The summed E-state index contributed by atoms with van der Waals surface area (Å²) >= 11 is 11.7. The second-order valence-electron chi connectivity index (χ2n) is 3.46. The molecule has 0 saturated carbocycles. The molecule has 4 N–H and O–H groups in total. The van der Waals surface area contributed by atoms with Crippen molar-refractivity contribution in [2.75, 3.05) is 17.6 Å². The molecule has 0 spiro atoms. The normalized spacial score (nSPS) is 12.5. The molecule has 1 unspecified atom stereocenters. The lowest BCUT2D eigenvalue weighted by Gasteiger charge is -2.11. The molecule has 90 valence electrons. The summed E-state index contributed by atoms with van der Waals surface area (Å²) in [5.41, 5.74) is 5.56. The summed E-state index contributed by atoms with van der Waals surface area (Å²) in [6.45, 7) is 2.51. The third kappa shape index (κ3) is 3.70. The molecule has 1 aromatic rings. The Balaban J connectivity index is 2.57. The van der Waals surface area contributed by atoms with Crippen molar-refractivity contribution in [1.82, 2.24) is 4.98 Å². The number of anilines is 2. The zero-order chi connectivity index (χ0) is 12.1. The lowest BCUT2D eigenvalue weighted by Crippen LogP contribution is -2.13. The van der Waals surface area contributed by atoms with Crippen LogP contribution >= 0.6 is 23.2 Å². The molecule has 0 amide bonds. The number of nitrogens with zero attached hydrogens (tertiary/aromatic N) is 1. The van der Waals surface area contributed by atoms with Crippen molar-refractivity contribution in [3.63, 3.8) is 0 Å². The highest BCUT2D eigenvalue weighted by Crippen LogP contribution is 2.27. The third-order valence-electron chi connectivity index (χ3n) is 2.20.